The Morgan fingerprint density at radius 2 is 1.57 bits per heavy atom. The van der Waals surface area contributed by atoms with E-state index in [4.69, 9.17) is 0 Å². The molecule has 3 rings (SSSR count). The van der Waals surface area contributed by atoms with Gasteiger partial charge < -0.3 is 10.2 Å². The Balaban J connectivity index is 1.67. The van der Waals surface area contributed by atoms with Crippen molar-refractivity contribution in [3.05, 3.63) is 0 Å². The summed E-state index contributed by atoms with van der Waals surface area (Å²) in [6, 6.07) is 0.497. The highest BCUT2D eigenvalue weighted by molar-refractivity contribution is 7.91. The third-order valence-electron chi connectivity index (χ3n) is 7.25. The molecule has 3 fully saturated rings. The van der Waals surface area contributed by atoms with E-state index in [2.05, 4.69) is 26.1 Å². The van der Waals surface area contributed by atoms with Crippen LogP contribution < -0.4 is 5.32 Å². The molecular weight excluding hydrogens is 372 g/mol. The third-order valence-corrected chi connectivity index (χ3v) is 9.00. The van der Waals surface area contributed by atoms with Gasteiger partial charge in [0.15, 0.2) is 9.84 Å². The zero-order valence-corrected chi connectivity index (χ0v) is 18.9. The summed E-state index contributed by atoms with van der Waals surface area (Å²) >= 11 is 0. The third kappa shape index (κ3) is 5.50. The van der Waals surface area contributed by atoms with E-state index in [1.807, 2.05) is 4.90 Å². The molecule has 5 nitrogen and oxygen atoms in total. The molecule has 162 valence electrons. The highest BCUT2D eigenvalue weighted by Crippen LogP contribution is 2.38. The number of carbonyl (C=O) groups excluding carboxylic acids is 1. The Morgan fingerprint density at radius 1 is 0.929 bits per heavy atom. The lowest BCUT2D eigenvalue weighted by Gasteiger charge is -2.42. The summed E-state index contributed by atoms with van der Waals surface area (Å²) in [5.41, 5.74) is 0.240. The SMILES string of the molecule is CC(C)(C)C1CCCCC1NCC(=O)N(C1CCCCC1)C1CCS(=O)(=O)C1. The van der Waals surface area contributed by atoms with Gasteiger partial charge in [-0.05, 0) is 43.4 Å². The van der Waals surface area contributed by atoms with Crippen molar-refractivity contribution < 1.29 is 13.2 Å². The first-order valence-corrected chi connectivity index (χ1v) is 13.2. The van der Waals surface area contributed by atoms with Gasteiger partial charge in [0.05, 0.1) is 18.1 Å². The molecule has 3 aliphatic rings. The molecule has 3 unspecified atom stereocenters. The second kappa shape index (κ2) is 9.03. The van der Waals surface area contributed by atoms with Crippen molar-refractivity contribution in [2.24, 2.45) is 11.3 Å². The van der Waals surface area contributed by atoms with E-state index in [0.29, 0.717) is 24.9 Å². The smallest absolute Gasteiger partial charge is 0.237 e. The Bertz CT molecular complexity index is 635. The number of amides is 1. The summed E-state index contributed by atoms with van der Waals surface area (Å²) in [4.78, 5) is 15.3. The van der Waals surface area contributed by atoms with Crippen molar-refractivity contribution in [3.63, 3.8) is 0 Å². The summed E-state index contributed by atoms with van der Waals surface area (Å²) in [6.07, 6.45) is 11.1. The second-order valence-electron chi connectivity index (χ2n) is 10.4. The van der Waals surface area contributed by atoms with E-state index < -0.39 is 9.84 Å². The first-order chi connectivity index (χ1) is 13.2. The maximum atomic E-state index is 13.3. The molecule has 1 aliphatic heterocycles. The molecule has 0 aromatic heterocycles. The van der Waals surface area contributed by atoms with Gasteiger partial charge >= 0.3 is 0 Å². The first kappa shape index (κ1) is 22.1. The topological polar surface area (TPSA) is 66.5 Å². The molecule has 1 saturated heterocycles. The average Bonchev–Trinajstić information content (AvgIpc) is 3.00. The summed E-state index contributed by atoms with van der Waals surface area (Å²) in [5.74, 6) is 1.09. The lowest BCUT2D eigenvalue weighted by Crippen LogP contribution is -2.54. The maximum absolute atomic E-state index is 13.3. The number of nitrogens with one attached hydrogen (secondary N) is 1. The van der Waals surface area contributed by atoms with Gasteiger partial charge in [-0.15, -0.1) is 0 Å². The molecule has 2 aliphatic carbocycles. The lowest BCUT2D eigenvalue weighted by molar-refractivity contribution is -0.135. The van der Waals surface area contributed by atoms with Gasteiger partial charge in [-0.3, -0.25) is 4.79 Å². The summed E-state index contributed by atoms with van der Waals surface area (Å²) in [7, 11) is -2.99. The molecule has 0 bridgehead atoms. The average molecular weight is 413 g/mol. The van der Waals surface area contributed by atoms with Crippen LogP contribution in [0.1, 0.15) is 85.0 Å². The number of carbonyl (C=O) groups is 1. The minimum atomic E-state index is -2.99. The van der Waals surface area contributed by atoms with E-state index in [0.717, 1.165) is 32.1 Å². The van der Waals surface area contributed by atoms with E-state index in [-0.39, 0.29) is 34.9 Å². The van der Waals surface area contributed by atoms with Crippen molar-refractivity contribution in [3.8, 4) is 0 Å². The fourth-order valence-corrected chi connectivity index (χ4v) is 7.49. The second-order valence-corrected chi connectivity index (χ2v) is 12.6. The number of hydrogen-bond donors (Lipinski definition) is 1. The predicted molar refractivity (Wildman–Crippen MR) is 114 cm³/mol. The van der Waals surface area contributed by atoms with E-state index in [1.54, 1.807) is 0 Å². The molecule has 28 heavy (non-hydrogen) atoms. The standard InChI is InChI=1S/C22H40N2O3S/c1-22(2,3)19-11-7-8-12-20(19)23-15-21(25)24(17-9-5-4-6-10-17)18-13-14-28(26,27)16-18/h17-20,23H,4-16H2,1-3H3. The first-order valence-electron chi connectivity index (χ1n) is 11.4. The van der Waals surface area contributed by atoms with Crippen molar-refractivity contribution in [2.75, 3.05) is 18.1 Å². The molecule has 2 saturated carbocycles. The van der Waals surface area contributed by atoms with Crippen molar-refractivity contribution in [1.29, 1.82) is 0 Å². The van der Waals surface area contributed by atoms with Crippen LogP contribution in [0, 0.1) is 11.3 Å². The molecule has 1 N–H and O–H groups in total. The van der Waals surface area contributed by atoms with Crippen LogP contribution in [-0.4, -0.2) is 55.4 Å². The van der Waals surface area contributed by atoms with Gasteiger partial charge in [0, 0.05) is 18.1 Å². The van der Waals surface area contributed by atoms with Crippen LogP contribution in [0.4, 0.5) is 0 Å². The molecule has 6 heteroatoms. The quantitative estimate of drug-likeness (QED) is 0.750. The number of hydrogen-bond acceptors (Lipinski definition) is 4. The van der Waals surface area contributed by atoms with Crippen molar-refractivity contribution in [1.82, 2.24) is 10.2 Å². The van der Waals surface area contributed by atoms with E-state index >= 15 is 0 Å². The summed E-state index contributed by atoms with van der Waals surface area (Å²) in [6.45, 7) is 7.26. The van der Waals surface area contributed by atoms with Crippen molar-refractivity contribution in [2.45, 2.75) is 103 Å². The van der Waals surface area contributed by atoms with Crippen LogP contribution in [0.25, 0.3) is 0 Å². The van der Waals surface area contributed by atoms with Gasteiger partial charge in [-0.25, -0.2) is 8.42 Å². The molecule has 0 spiro atoms. The fraction of sp³-hybridized carbons (Fsp3) is 0.955. The zero-order chi connectivity index (χ0) is 20.4. The molecule has 0 radical (unpaired) electrons. The maximum Gasteiger partial charge on any atom is 0.237 e. The number of sulfone groups is 1. The fourth-order valence-electron chi connectivity index (χ4n) is 5.78. The largest absolute Gasteiger partial charge is 0.335 e. The number of rotatable bonds is 5. The van der Waals surface area contributed by atoms with Crippen molar-refractivity contribution >= 4 is 15.7 Å². The van der Waals surface area contributed by atoms with Gasteiger partial charge in [0.2, 0.25) is 5.91 Å². The zero-order valence-electron chi connectivity index (χ0n) is 18.1. The molecular formula is C22H40N2O3S. The van der Waals surface area contributed by atoms with Gasteiger partial charge in [-0.1, -0.05) is 52.9 Å². The van der Waals surface area contributed by atoms with E-state index in [9.17, 15) is 13.2 Å². The Labute approximate surface area is 171 Å². The minimum absolute atomic E-state index is 0.118. The summed E-state index contributed by atoms with van der Waals surface area (Å²) < 4.78 is 24.1. The Morgan fingerprint density at radius 3 is 2.18 bits per heavy atom. The van der Waals surface area contributed by atoms with Crippen LogP contribution in [0.5, 0.6) is 0 Å². The van der Waals surface area contributed by atoms with Crippen LogP contribution in [-0.2, 0) is 14.6 Å². The summed E-state index contributed by atoms with van der Waals surface area (Å²) in [5, 5.41) is 3.60. The molecule has 0 aromatic carbocycles. The van der Waals surface area contributed by atoms with Gasteiger partial charge in [-0.2, -0.15) is 0 Å². The molecule has 0 aromatic rings. The minimum Gasteiger partial charge on any atom is -0.335 e. The van der Waals surface area contributed by atoms with E-state index in [1.165, 1.54) is 25.7 Å². The van der Waals surface area contributed by atoms with Gasteiger partial charge in [0.25, 0.3) is 0 Å². The Kier molecular flexibility index (Phi) is 7.12. The molecule has 3 atom stereocenters. The molecule has 1 amide bonds. The lowest BCUT2D eigenvalue weighted by atomic mass is 9.69. The molecule has 1 heterocycles. The van der Waals surface area contributed by atoms with Gasteiger partial charge in [0.1, 0.15) is 0 Å². The van der Waals surface area contributed by atoms with Crippen LogP contribution in [0.2, 0.25) is 0 Å². The normalized spacial score (nSPS) is 31.6. The highest BCUT2D eigenvalue weighted by Gasteiger charge is 2.39. The van der Waals surface area contributed by atoms with Crippen LogP contribution in [0.15, 0.2) is 0 Å². The van der Waals surface area contributed by atoms with Crippen LogP contribution in [0.3, 0.4) is 0 Å². The Hall–Kier alpha value is -0.620. The highest BCUT2D eigenvalue weighted by atomic mass is 32.2. The number of nitrogens with zero attached hydrogens (tertiary/aromatic N) is 1. The van der Waals surface area contributed by atoms with Crippen LogP contribution >= 0.6 is 0 Å². The predicted octanol–water partition coefficient (Wildman–Crippen LogP) is 3.53. The monoisotopic (exact) mass is 412 g/mol.